The molecule has 1 saturated carbocycles. The molecule has 9 heteroatoms. The number of ether oxygens (including phenoxy) is 1. The summed E-state index contributed by atoms with van der Waals surface area (Å²) < 4.78 is 34.5. The van der Waals surface area contributed by atoms with Crippen LogP contribution in [0.4, 0.5) is 14.6 Å². The second-order valence-corrected chi connectivity index (χ2v) is 9.44. The first kappa shape index (κ1) is 22.3. The molecule has 1 aliphatic carbocycles. The monoisotopic (exact) mass is 487 g/mol. The van der Waals surface area contributed by atoms with Crippen LogP contribution in [0.3, 0.4) is 0 Å². The highest BCUT2D eigenvalue weighted by Gasteiger charge is 2.69. The molecule has 182 valence electrons. The van der Waals surface area contributed by atoms with E-state index < -0.39 is 11.6 Å². The molecule has 3 heterocycles. The fourth-order valence-corrected chi connectivity index (χ4v) is 5.86. The summed E-state index contributed by atoms with van der Waals surface area (Å²) in [6.45, 7) is 5.34. The molecule has 3 atom stereocenters. The molecule has 0 radical (unpaired) electrons. The highest BCUT2D eigenvalue weighted by atomic mass is 19.1. The fraction of sp³-hybridized carbons (Fsp3) is 0.259. The zero-order chi connectivity index (χ0) is 25.0. The summed E-state index contributed by atoms with van der Waals surface area (Å²) in [5.41, 5.74) is 8.13. The zero-order valence-corrected chi connectivity index (χ0v) is 19.3. The van der Waals surface area contributed by atoms with Crippen LogP contribution in [0, 0.1) is 23.0 Å². The van der Waals surface area contributed by atoms with Crippen LogP contribution in [0.2, 0.25) is 0 Å². The predicted octanol–water partition coefficient (Wildman–Crippen LogP) is 4.10. The van der Waals surface area contributed by atoms with Crippen molar-refractivity contribution in [3.8, 4) is 11.5 Å². The van der Waals surface area contributed by atoms with Crippen molar-refractivity contribution in [2.45, 2.75) is 12.3 Å². The van der Waals surface area contributed by atoms with E-state index in [0.29, 0.717) is 30.9 Å². The number of nitrogens with two attached hydrogens (primary N) is 1. The number of rotatable bonds is 4. The molecular formula is C27H23F2N5O2. The van der Waals surface area contributed by atoms with Crippen molar-refractivity contribution in [3.05, 3.63) is 89.9 Å². The maximum absolute atomic E-state index is 15.4. The van der Waals surface area contributed by atoms with Crippen LogP contribution in [-0.4, -0.2) is 46.1 Å². The molecule has 1 aromatic heterocycles. The average molecular weight is 488 g/mol. The minimum atomic E-state index is -0.550. The van der Waals surface area contributed by atoms with Gasteiger partial charge in [-0.25, -0.2) is 18.7 Å². The number of amides is 1. The Balaban J connectivity index is 1.34. The zero-order valence-electron chi connectivity index (χ0n) is 19.3. The number of nitrogens with zero attached hydrogens (tertiary/aromatic N) is 4. The Labute approximate surface area is 206 Å². The van der Waals surface area contributed by atoms with Gasteiger partial charge in [-0.15, -0.1) is 0 Å². The lowest BCUT2D eigenvalue weighted by atomic mass is 9.94. The van der Waals surface area contributed by atoms with Gasteiger partial charge in [-0.3, -0.25) is 9.79 Å². The van der Waals surface area contributed by atoms with Gasteiger partial charge in [-0.2, -0.15) is 0 Å². The number of aliphatic imine (C=N–C) groups is 1. The largest absolute Gasteiger partial charge is 0.457 e. The molecule has 6 rings (SSSR count). The van der Waals surface area contributed by atoms with Crippen LogP contribution in [0.15, 0.2) is 66.4 Å². The van der Waals surface area contributed by atoms with Gasteiger partial charge in [0.05, 0.1) is 17.0 Å². The summed E-state index contributed by atoms with van der Waals surface area (Å²) in [6, 6.07) is 10.1. The molecule has 1 amide bonds. The minimum absolute atomic E-state index is 0.0558. The third-order valence-corrected chi connectivity index (χ3v) is 7.58. The summed E-state index contributed by atoms with van der Waals surface area (Å²) in [6.07, 6.45) is 3.61. The van der Waals surface area contributed by atoms with Crippen LogP contribution >= 0.6 is 0 Å². The van der Waals surface area contributed by atoms with Crippen molar-refractivity contribution in [2.24, 2.45) is 16.3 Å². The summed E-state index contributed by atoms with van der Waals surface area (Å²) in [4.78, 5) is 27.6. The van der Waals surface area contributed by atoms with Crippen LogP contribution < -0.4 is 10.5 Å². The first-order valence-electron chi connectivity index (χ1n) is 11.7. The SMILES string of the molecule is C=CC(=O)N1CC[C@]2(C1)C1CN=C(c3ccc(Oc4cccc(F)c4)cc3F)c3c(N)ncnc3C12. The third-order valence-electron chi connectivity index (χ3n) is 7.58. The molecule has 1 spiro atoms. The molecule has 2 unspecified atom stereocenters. The smallest absolute Gasteiger partial charge is 0.245 e. The van der Waals surface area contributed by atoms with E-state index in [4.69, 9.17) is 15.5 Å². The lowest BCUT2D eigenvalue weighted by molar-refractivity contribution is -0.125. The number of hydrogen-bond donors (Lipinski definition) is 1. The normalized spacial score (nSPS) is 23.9. The Morgan fingerprint density at radius 1 is 1.19 bits per heavy atom. The van der Waals surface area contributed by atoms with E-state index in [1.54, 1.807) is 18.2 Å². The van der Waals surface area contributed by atoms with Gasteiger partial charge >= 0.3 is 0 Å². The van der Waals surface area contributed by atoms with Gasteiger partial charge < -0.3 is 15.4 Å². The molecular weight excluding hydrogens is 464 g/mol. The third kappa shape index (κ3) is 3.45. The highest BCUT2D eigenvalue weighted by molar-refractivity contribution is 6.16. The van der Waals surface area contributed by atoms with Gasteiger partial charge in [-0.1, -0.05) is 12.6 Å². The molecule has 2 aliphatic heterocycles. The van der Waals surface area contributed by atoms with Crippen molar-refractivity contribution in [1.82, 2.24) is 14.9 Å². The topological polar surface area (TPSA) is 93.7 Å². The van der Waals surface area contributed by atoms with Gasteiger partial charge in [-0.05, 0) is 42.7 Å². The average Bonchev–Trinajstić information content (AvgIpc) is 3.31. The summed E-state index contributed by atoms with van der Waals surface area (Å²) in [5, 5.41) is 0. The van der Waals surface area contributed by atoms with Gasteiger partial charge in [0, 0.05) is 48.7 Å². The molecule has 2 aromatic carbocycles. The Bertz CT molecular complexity index is 1440. The summed E-state index contributed by atoms with van der Waals surface area (Å²) in [7, 11) is 0. The number of fused-ring (bicyclic) bond motifs is 5. The number of hydrogen-bond acceptors (Lipinski definition) is 6. The summed E-state index contributed by atoms with van der Waals surface area (Å²) in [5.74, 6) is -0.118. The quantitative estimate of drug-likeness (QED) is 0.560. The second-order valence-electron chi connectivity index (χ2n) is 9.44. The number of likely N-dealkylation sites (tertiary alicyclic amines) is 1. The number of nitrogen functional groups attached to an aromatic ring is 1. The molecule has 1 saturated heterocycles. The van der Waals surface area contributed by atoms with Crippen molar-refractivity contribution >= 4 is 17.4 Å². The number of carbonyl (C=O) groups is 1. The van der Waals surface area contributed by atoms with Crippen molar-refractivity contribution < 1.29 is 18.3 Å². The minimum Gasteiger partial charge on any atom is -0.457 e. The Hall–Kier alpha value is -4.14. The second kappa shape index (κ2) is 8.22. The maximum atomic E-state index is 15.4. The van der Waals surface area contributed by atoms with E-state index in [1.807, 2.05) is 4.90 Å². The van der Waals surface area contributed by atoms with E-state index in [0.717, 1.165) is 12.1 Å². The molecule has 2 fully saturated rings. The van der Waals surface area contributed by atoms with Gasteiger partial charge in [0.25, 0.3) is 0 Å². The molecule has 2 N–H and O–H groups in total. The predicted molar refractivity (Wildman–Crippen MR) is 130 cm³/mol. The number of aromatic nitrogens is 2. The van der Waals surface area contributed by atoms with Gasteiger partial charge in [0.15, 0.2) is 0 Å². The van der Waals surface area contributed by atoms with Crippen LogP contribution in [-0.2, 0) is 4.79 Å². The Morgan fingerprint density at radius 2 is 2.03 bits per heavy atom. The van der Waals surface area contributed by atoms with Crippen molar-refractivity contribution in [3.63, 3.8) is 0 Å². The molecule has 3 aliphatic rings. The number of benzene rings is 2. The maximum Gasteiger partial charge on any atom is 0.245 e. The van der Waals surface area contributed by atoms with Crippen molar-refractivity contribution in [1.29, 1.82) is 0 Å². The van der Waals surface area contributed by atoms with E-state index >= 15 is 4.39 Å². The van der Waals surface area contributed by atoms with Crippen LogP contribution in [0.5, 0.6) is 11.5 Å². The Kier molecular flexibility index (Phi) is 5.10. The van der Waals surface area contributed by atoms with E-state index in [1.165, 1.54) is 36.7 Å². The highest BCUT2D eigenvalue weighted by Crippen LogP contribution is 2.70. The van der Waals surface area contributed by atoms with Gasteiger partial charge in [0.2, 0.25) is 5.91 Å². The van der Waals surface area contributed by atoms with Gasteiger partial charge in [0.1, 0.15) is 35.3 Å². The van der Waals surface area contributed by atoms with Crippen LogP contribution in [0.1, 0.15) is 29.2 Å². The first-order chi connectivity index (χ1) is 17.4. The molecule has 3 aromatic rings. The lowest BCUT2D eigenvalue weighted by Gasteiger charge is -2.18. The standard InChI is InChI=1S/C27H23F2N5O2/c1-2-21(35)34-9-8-27(13-34)19-12-31-24(22-25(23(19)27)32-14-33-26(22)30)18-7-6-17(11-20(18)29)36-16-5-3-4-15(28)10-16/h2-7,10-11,14,19,23H,1,8-9,12-13H2,(H2,30,32,33)/t19?,23?,27-/m0/s1. The fourth-order valence-electron chi connectivity index (χ4n) is 5.86. The van der Waals surface area contributed by atoms with E-state index in [-0.39, 0.29) is 46.0 Å². The Morgan fingerprint density at radius 3 is 2.81 bits per heavy atom. The lowest BCUT2D eigenvalue weighted by Crippen LogP contribution is -2.27. The molecule has 36 heavy (non-hydrogen) atoms. The van der Waals surface area contributed by atoms with Crippen molar-refractivity contribution in [2.75, 3.05) is 25.4 Å². The van der Waals surface area contributed by atoms with E-state index in [9.17, 15) is 9.18 Å². The first-order valence-corrected chi connectivity index (χ1v) is 11.7. The van der Waals surface area contributed by atoms with E-state index in [2.05, 4.69) is 16.5 Å². The number of carbonyl (C=O) groups excluding carboxylic acids is 1. The van der Waals surface area contributed by atoms with Crippen LogP contribution in [0.25, 0.3) is 0 Å². The molecule has 0 bridgehead atoms. The molecule has 7 nitrogen and oxygen atoms in total. The number of halogens is 2. The number of anilines is 1. The summed E-state index contributed by atoms with van der Waals surface area (Å²) >= 11 is 0.